The molecule has 9 aromatic carbocycles. The molecule has 1 aliphatic rings. The van der Waals surface area contributed by atoms with E-state index in [2.05, 4.69) is 87.1 Å². The van der Waals surface area contributed by atoms with Gasteiger partial charge in [0.05, 0.1) is 32.8 Å². The first-order valence-corrected chi connectivity index (χ1v) is 36.0. The number of nitrogens with zero attached hydrogens (tertiary/aromatic N) is 6. The third-order valence-corrected chi connectivity index (χ3v) is 20.5. The highest BCUT2D eigenvalue weighted by atomic mass is 32.1. The van der Waals surface area contributed by atoms with Crippen LogP contribution in [0.2, 0.25) is 0 Å². The number of halogens is 1. The second kappa shape index (κ2) is 30.5. The van der Waals surface area contributed by atoms with Crippen LogP contribution in [0.3, 0.4) is 0 Å². The number of fused-ring (bicyclic) bond motifs is 3. The van der Waals surface area contributed by atoms with Gasteiger partial charge < -0.3 is 48.0 Å². The van der Waals surface area contributed by atoms with Gasteiger partial charge >= 0.3 is 0 Å². The van der Waals surface area contributed by atoms with Crippen molar-refractivity contribution in [1.29, 1.82) is 0 Å². The first-order valence-electron chi connectivity index (χ1n) is 33.5. The Bertz CT molecular complexity index is 5590. The second-order valence-corrected chi connectivity index (χ2v) is 28.2. The van der Waals surface area contributed by atoms with Gasteiger partial charge in [0.25, 0.3) is 0 Å². The van der Waals surface area contributed by atoms with Crippen LogP contribution in [0.25, 0.3) is 98.0 Å². The highest BCUT2D eigenvalue weighted by Crippen LogP contribution is 2.52. The summed E-state index contributed by atoms with van der Waals surface area (Å²) in [7, 11) is 0. The smallest absolute Gasteiger partial charge is 0.240 e. The number of benzene rings is 9. The molecule has 0 spiro atoms. The maximum absolute atomic E-state index is 13.7. The van der Waals surface area contributed by atoms with Crippen molar-refractivity contribution >= 4 is 101 Å². The van der Waals surface area contributed by atoms with E-state index in [0.717, 1.165) is 144 Å². The largest absolute Gasteiger partial charge is 0.508 e. The number of hydrogen-bond donors (Lipinski definition) is 4. The molecule has 0 saturated heterocycles. The first kappa shape index (κ1) is 68.2. The lowest BCUT2D eigenvalue weighted by Gasteiger charge is -2.14. The zero-order chi connectivity index (χ0) is 71.1. The Hall–Kier alpha value is -11.9. The van der Waals surface area contributed by atoms with Crippen LogP contribution in [0, 0.1) is 19.7 Å². The van der Waals surface area contributed by atoms with E-state index in [1.54, 1.807) is 90.3 Å². The van der Waals surface area contributed by atoms with Crippen molar-refractivity contribution in [2.24, 2.45) is 0 Å². The molecule has 6 heterocycles. The van der Waals surface area contributed by atoms with Crippen LogP contribution in [-0.4, -0.2) is 50.4 Å². The fourth-order valence-electron chi connectivity index (χ4n) is 11.6. The first-order chi connectivity index (χ1) is 50.1. The highest BCUT2D eigenvalue weighted by molar-refractivity contribution is 7.23. The predicted octanol–water partition coefficient (Wildman–Crippen LogP) is 23.5. The molecule has 0 amide bonds. The van der Waals surface area contributed by atoms with Gasteiger partial charge in [-0.25, -0.2) is 9.37 Å². The van der Waals surface area contributed by atoms with E-state index >= 15 is 0 Å². The Morgan fingerprint density at radius 2 is 1.00 bits per heavy atom. The van der Waals surface area contributed by atoms with Crippen molar-refractivity contribution in [3.8, 4) is 88.8 Å². The molecule has 103 heavy (non-hydrogen) atoms. The number of hydrogen-bond acceptors (Lipinski definition) is 17. The van der Waals surface area contributed by atoms with Gasteiger partial charge in [0.15, 0.2) is 17.2 Å². The van der Waals surface area contributed by atoms with Gasteiger partial charge in [-0.15, -0.1) is 54.4 Å². The van der Waals surface area contributed by atoms with E-state index in [1.165, 1.54) is 29.0 Å². The molecule has 15 aromatic rings. The van der Waals surface area contributed by atoms with Gasteiger partial charge in [-0.05, 0) is 222 Å². The maximum Gasteiger partial charge on any atom is 0.240 e. The monoisotopic (exact) mass is 1420 g/mol. The average Bonchev–Trinajstić information content (AvgIpc) is 1.64. The molecule has 15 nitrogen and oxygen atoms in total. The Kier molecular flexibility index (Phi) is 20.2. The topological polar surface area (TPSA) is 204 Å². The predicted molar refractivity (Wildman–Crippen MR) is 411 cm³/mol. The molecule has 1 fully saturated rings. The standard InChI is InChI=1S/C28H21FN2O3S.2C28H24N2O3S/c1-16-14-19(29)7-11-22(16)27-26(23-12-8-20(32)15-24(23)35-27)33-21-9-2-17(3-10-21)4-13-25-30-31-28(34-25)18-5-6-18;1-17(2)22-6-4-5-7-23(22)28-27(24-14-11-20(31)16-25(24)34-28)33-21-12-8-19(9-13-21)10-15-26-30-29-18(3)32-26;1-2-15-30-18-29-17-21(30)8-3-19-4-12-24(13-5-19)33-27-25-14-11-23(32)16-26(25)34-28(27)20-6-9-22(31)10-7-20/h2-4,7-15,18,32H,5-6H2,1H3;4-17,31H,1-3H3;3-14,16-18,31-32H,2,15H2,1H3/b13-4+;15-10+;8-3+. The second-order valence-electron chi connectivity index (χ2n) is 25.0. The normalized spacial score (nSPS) is 12.3. The van der Waals surface area contributed by atoms with Crippen LogP contribution in [-0.2, 0) is 6.54 Å². The number of imidazole rings is 1. The fraction of sp³-hybridized carbons (Fsp3) is 0.131. The lowest BCUT2D eigenvalue weighted by Crippen LogP contribution is -1.96. The van der Waals surface area contributed by atoms with E-state index in [4.69, 9.17) is 23.0 Å². The molecule has 6 aromatic heterocycles. The minimum Gasteiger partial charge on any atom is -0.508 e. The van der Waals surface area contributed by atoms with Gasteiger partial charge in [0.1, 0.15) is 46.1 Å². The van der Waals surface area contributed by atoms with Gasteiger partial charge in [0, 0.05) is 61.8 Å². The van der Waals surface area contributed by atoms with Gasteiger partial charge in [-0.3, -0.25) is 0 Å². The number of phenolic OH excluding ortho intramolecular Hbond substituents is 4. The summed E-state index contributed by atoms with van der Waals surface area (Å²) in [5, 5.41) is 58.4. The summed E-state index contributed by atoms with van der Waals surface area (Å²) in [6.07, 6.45) is 18.6. The average molecular weight is 1420 g/mol. The van der Waals surface area contributed by atoms with Crippen LogP contribution < -0.4 is 14.2 Å². The summed E-state index contributed by atoms with van der Waals surface area (Å²) in [4.78, 5) is 7.12. The molecule has 514 valence electrons. The summed E-state index contributed by atoms with van der Waals surface area (Å²) in [5.41, 5.74) is 9.18. The summed E-state index contributed by atoms with van der Waals surface area (Å²) in [6.45, 7) is 11.1. The van der Waals surface area contributed by atoms with E-state index < -0.39 is 0 Å². The summed E-state index contributed by atoms with van der Waals surface area (Å²) in [6, 6.07) is 59.6. The summed E-state index contributed by atoms with van der Waals surface area (Å²) < 4.78 is 48.9. The van der Waals surface area contributed by atoms with E-state index in [-0.39, 0.29) is 28.8 Å². The number of aromatic hydroxyl groups is 4. The lowest BCUT2D eigenvalue weighted by atomic mass is 9.96. The van der Waals surface area contributed by atoms with Gasteiger partial charge in [0.2, 0.25) is 23.6 Å². The molecule has 1 aliphatic carbocycles. The Morgan fingerprint density at radius 1 is 0.515 bits per heavy atom. The number of thiophene rings is 3. The van der Waals surface area contributed by atoms with Crippen molar-refractivity contribution < 1.29 is 47.9 Å². The van der Waals surface area contributed by atoms with Crippen LogP contribution in [0.15, 0.2) is 215 Å². The third kappa shape index (κ3) is 16.1. The molecular weight excluding hydrogens is 1350 g/mol. The van der Waals surface area contributed by atoms with Crippen molar-refractivity contribution in [2.75, 3.05) is 0 Å². The Balaban J connectivity index is 0.000000131. The summed E-state index contributed by atoms with van der Waals surface area (Å²) >= 11 is 4.68. The SMILES string of the molecule is CCCn1cncc1/C=C/c1ccc(Oc2c(-c3ccc(O)cc3)sc3cc(O)ccc23)cc1.Cc1cc(F)ccc1-c1sc2cc(O)ccc2c1Oc1ccc(/C=C/c2nnc(C3CC3)o2)cc1.Cc1nnc(/C=C/c2ccc(Oc3c(-c4ccccc4C(C)C)sc4cc(O)ccc34)cc2)o1. The molecule has 0 atom stereocenters. The van der Waals surface area contributed by atoms with Crippen molar-refractivity contribution in [3.63, 3.8) is 0 Å². The molecule has 0 unspecified atom stereocenters. The molecule has 0 radical (unpaired) electrons. The number of aromatic nitrogens is 6. The number of phenols is 4. The van der Waals surface area contributed by atoms with E-state index in [9.17, 15) is 24.8 Å². The van der Waals surface area contributed by atoms with Crippen molar-refractivity contribution in [1.82, 2.24) is 29.9 Å². The molecule has 0 bridgehead atoms. The minimum atomic E-state index is -0.277. The molecule has 1 saturated carbocycles. The van der Waals surface area contributed by atoms with E-state index in [1.807, 2.05) is 141 Å². The molecule has 0 aliphatic heterocycles. The third-order valence-electron chi connectivity index (χ3n) is 17.0. The molecule has 19 heteroatoms. The quantitative estimate of drug-likeness (QED) is 0.0595. The number of ether oxygens (including phenoxy) is 3. The number of rotatable bonds is 19. The van der Waals surface area contributed by atoms with Crippen LogP contribution >= 0.6 is 34.0 Å². The summed E-state index contributed by atoms with van der Waals surface area (Å²) in [5.74, 6) is 7.97. The van der Waals surface area contributed by atoms with E-state index in [0.29, 0.717) is 41.0 Å². The zero-order valence-electron chi connectivity index (χ0n) is 56.7. The van der Waals surface area contributed by atoms with Crippen molar-refractivity contribution in [2.45, 2.75) is 72.3 Å². The minimum absolute atomic E-state index is 0.189. The van der Waals surface area contributed by atoms with Gasteiger partial charge in [-0.2, -0.15) is 0 Å². The van der Waals surface area contributed by atoms with Crippen LogP contribution in [0.1, 0.15) is 109 Å². The zero-order valence-corrected chi connectivity index (χ0v) is 59.1. The highest BCUT2D eigenvalue weighted by Gasteiger charge is 2.29. The fourth-order valence-corrected chi connectivity index (χ4v) is 15.3. The lowest BCUT2D eigenvalue weighted by molar-refractivity contribution is 0.474. The maximum atomic E-state index is 13.7. The molecule has 16 rings (SSSR count). The molecule has 4 N–H and O–H groups in total. The van der Waals surface area contributed by atoms with Crippen molar-refractivity contribution in [3.05, 3.63) is 270 Å². The number of aryl methyl sites for hydroxylation is 3. The van der Waals surface area contributed by atoms with Crippen LogP contribution in [0.4, 0.5) is 4.39 Å². The van der Waals surface area contributed by atoms with Crippen LogP contribution in [0.5, 0.6) is 57.5 Å². The molecular formula is C84H69FN6O9S3. The van der Waals surface area contributed by atoms with Gasteiger partial charge in [-0.1, -0.05) is 93.6 Å². The Morgan fingerprint density at radius 3 is 1.50 bits per heavy atom. The Labute approximate surface area is 605 Å².